The van der Waals surface area contributed by atoms with Crippen LogP contribution in [0.1, 0.15) is 30.8 Å². The number of thiazole rings is 1. The van der Waals surface area contributed by atoms with Gasteiger partial charge in [0, 0.05) is 23.9 Å². The minimum Gasteiger partial charge on any atom is -0.302 e. The van der Waals surface area contributed by atoms with E-state index in [1.165, 1.54) is 0 Å². The summed E-state index contributed by atoms with van der Waals surface area (Å²) in [7, 11) is 0. The van der Waals surface area contributed by atoms with Crippen LogP contribution < -0.4 is 5.32 Å². The van der Waals surface area contributed by atoms with Crippen molar-refractivity contribution in [1.82, 2.24) is 14.8 Å². The van der Waals surface area contributed by atoms with E-state index in [1.54, 1.807) is 0 Å². The summed E-state index contributed by atoms with van der Waals surface area (Å²) in [4.78, 5) is 16.5. The molecule has 26 heavy (non-hydrogen) atoms. The van der Waals surface area contributed by atoms with Gasteiger partial charge in [0.25, 0.3) is 0 Å². The monoisotopic (exact) mass is 378 g/mol. The highest BCUT2D eigenvalue weighted by molar-refractivity contribution is 7.22. The Hall–Kier alpha value is -2.35. The maximum atomic E-state index is 13.3. The Kier molecular flexibility index (Phi) is 5.04. The third kappa shape index (κ3) is 3.75. The molecule has 0 bridgehead atoms. The molecule has 0 saturated heterocycles. The van der Waals surface area contributed by atoms with Crippen LogP contribution >= 0.6 is 11.3 Å². The first kappa shape index (κ1) is 18.4. The number of hydrogen-bond acceptors (Lipinski definition) is 4. The fourth-order valence-electron chi connectivity index (χ4n) is 2.81. The lowest BCUT2D eigenvalue weighted by Gasteiger charge is -2.08. The second-order valence-electron chi connectivity index (χ2n) is 6.70. The van der Waals surface area contributed by atoms with Crippen molar-refractivity contribution >= 4 is 32.6 Å². The molecule has 2 heterocycles. The van der Waals surface area contributed by atoms with Crippen molar-refractivity contribution in [3.63, 3.8) is 0 Å². The molecule has 0 saturated carbocycles. The molecule has 2 aromatic heterocycles. The van der Waals surface area contributed by atoms with Gasteiger partial charge in [-0.3, -0.25) is 9.48 Å². The number of anilines is 1. The summed E-state index contributed by atoms with van der Waals surface area (Å²) >= 11 is 1.11. The normalized spacial score (nSPS) is 11.5. The van der Waals surface area contributed by atoms with E-state index in [0.717, 1.165) is 47.0 Å². The average molecular weight is 378 g/mol. The van der Waals surface area contributed by atoms with Gasteiger partial charge in [-0.1, -0.05) is 25.2 Å². The van der Waals surface area contributed by atoms with Crippen molar-refractivity contribution < 1.29 is 13.6 Å². The van der Waals surface area contributed by atoms with Gasteiger partial charge in [0.05, 0.1) is 22.3 Å². The first-order chi connectivity index (χ1) is 12.2. The van der Waals surface area contributed by atoms with Crippen LogP contribution in [0.5, 0.6) is 0 Å². The summed E-state index contributed by atoms with van der Waals surface area (Å²) in [5.74, 6) is -1.66. The van der Waals surface area contributed by atoms with Crippen LogP contribution in [-0.4, -0.2) is 20.7 Å². The van der Waals surface area contributed by atoms with E-state index in [9.17, 15) is 13.6 Å². The first-order valence-corrected chi connectivity index (χ1v) is 9.14. The molecule has 5 nitrogen and oxygen atoms in total. The molecular weight excluding hydrogens is 358 g/mol. The minimum atomic E-state index is -0.954. The largest absolute Gasteiger partial charge is 0.302 e. The number of fused-ring (bicyclic) bond motifs is 1. The topological polar surface area (TPSA) is 59.8 Å². The van der Waals surface area contributed by atoms with Crippen LogP contribution in [0.25, 0.3) is 10.2 Å². The molecule has 1 N–H and O–H groups in total. The van der Waals surface area contributed by atoms with Crippen molar-refractivity contribution in [2.24, 2.45) is 5.92 Å². The summed E-state index contributed by atoms with van der Waals surface area (Å²) in [6, 6.07) is 2.11. The highest BCUT2D eigenvalue weighted by Gasteiger charge is 2.17. The highest BCUT2D eigenvalue weighted by Crippen LogP contribution is 2.28. The standard InChI is InChI=1S/C18H20F2N4OS/c1-9(2)8-24-11(4)12(10(3)23-24)5-17(25)22-18-21-15-6-13(19)14(20)7-16(15)26-18/h6-7,9H,5,8H2,1-4H3,(H,21,22,25). The van der Waals surface area contributed by atoms with E-state index in [0.29, 0.717) is 21.3 Å². The highest BCUT2D eigenvalue weighted by atomic mass is 32.1. The Balaban J connectivity index is 1.76. The Bertz CT molecular complexity index is 938. The number of aromatic nitrogens is 3. The summed E-state index contributed by atoms with van der Waals surface area (Å²) in [6.45, 7) is 8.86. The number of carbonyl (C=O) groups is 1. The molecule has 0 aliphatic heterocycles. The van der Waals surface area contributed by atoms with Crippen molar-refractivity contribution in [2.45, 2.75) is 40.7 Å². The molecular formula is C18H20F2N4OS. The summed E-state index contributed by atoms with van der Waals surface area (Å²) < 4.78 is 29.0. The minimum absolute atomic E-state index is 0.175. The molecule has 0 aliphatic carbocycles. The van der Waals surface area contributed by atoms with Gasteiger partial charge in [0.2, 0.25) is 5.91 Å². The fourth-order valence-corrected chi connectivity index (χ4v) is 3.70. The van der Waals surface area contributed by atoms with Gasteiger partial charge >= 0.3 is 0 Å². The van der Waals surface area contributed by atoms with E-state index in [1.807, 2.05) is 18.5 Å². The molecule has 1 aromatic carbocycles. The second-order valence-corrected chi connectivity index (χ2v) is 7.73. The number of carbonyl (C=O) groups excluding carboxylic acids is 1. The van der Waals surface area contributed by atoms with Gasteiger partial charge in [0.15, 0.2) is 16.8 Å². The van der Waals surface area contributed by atoms with E-state index in [-0.39, 0.29) is 12.3 Å². The van der Waals surface area contributed by atoms with Crippen LogP contribution in [0, 0.1) is 31.4 Å². The lowest BCUT2D eigenvalue weighted by Crippen LogP contribution is -2.15. The number of benzene rings is 1. The van der Waals surface area contributed by atoms with Gasteiger partial charge in [-0.25, -0.2) is 13.8 Å². The lowest BCUT2D eigenvalue weighted by atomic mass is 10.1. The van der Waals surface area contributed by atoms with Crippen molar-refractivity contribution in [1.29, 1.82) is 0 Å². The van der Waals surface area contributed by atoms with Crippen LogP contribution in [0.4, 0.5) is 13.9 Å². The molecule has 8 heteroatoms. The first-order valence-electron chi connectivity index (χ1n) is 8.33. The second kappa shape index (κ2) is 7.11. The molecule has 1 amide bonds. The molecule has 0 unspecified atom stereocenters. The SMILES string of the molecule is Cc1nn(CC(C)C)c(C)c1CC(=O)Nc1nc2cc(F)c(F)cc2s1. The van der Waals surface area contributed by atoms with Crippen molar-refractivity contribution in [2.75, 3.05) is 5.32 Å². The predicted octanol–water partition coefficient (Wildman–Crippen LogP) is 4.23. The van der Waals surface area contributed by atoms with Gasteiger partial charge in [0.1, 0.15) is 0 Å². The maximum Gasteiger partial charge on any atom is 0.230 e. The number of halogens is 2. The summed E-state index contributed by atoms with van der Waals surface area (Å²) in [6.07, 6.45) is 0.175. The van der Waals surface area contributed by atoms with E-state index >= 15 is 0 Å². The van der Waals surface area contributed by atoms with Gasteiger partial charge in [-0.15, -0.1) is 0 Å². The zero-order valence-corrected chi connectivity index (χ0v) is 15.9. The summed E-state index contributed by atoms with van der Waals surface area (Å²) in [5.41, 5.74) is 3.01. The van der Waals surface area contributed by atoms with Crippen LogP contribution in [-0.2, 0) is 17.8 Å². The zero-order chi connectivity index (χ0) is 19.0. The number of amides is 1. The van der Waals surface area contributed by atoms with Crippen LogP contribution in [0.2, 0.25) is 0 Å². The van der Waals surface area contributed by atoms with Crippen LogP contribution in [0.3, 0.4) is 0 Å². The fraction of sp³-hybridized carbons (Fsp3) is 0.389. The molecule has 3 rings (SSSR count). The Morgan fingerprint density at radius 3 is 2.65 bits per heavy atom. The lowest BCUT2D eigenvalue weighted by molar-refractivity contribution is -0.115. The Morgan fingerprint density at radius 1 is 1.27 bits per heavy atom. The molecule has 0 radical (unpaired) electrons. The van der Waals surface area contributed by atoms with Gasteiger partial charge in [-0.05, 0) is 25.8 Å². The van der Waals surface area contributed by atoms with E-state index in [2.05, 4.69) is 29.2 Å². The number of aryl methyl sites for hydroxylation is 1. The molecule has 3 aromatic rings. The average Bonchev–Trinajstić information content (AvgIpc) is 3.02. The molecule has 0 atom stereocenters. The number of nitrogens with zero attached hydrogens (tertiary/aromatic N) is 3. The third-order valence-corrected chi connectivity index (χ3v) is 5.02. The molecule has 0 fully saturated rings. The summed E-state index contributed by atoms with van der Waals surface area (Å²) in [5, 5.41) is 7.53. The van der Waals surface area contributed by atoms with Crippen molar-refractivity contribution in [3.8, 4) is 0 Å². The molecule has 138 valence electrons. The number of nitrogens with one attached hydrogen (secondary N) is 1. The number of hydrogen-bond donors (Lipinski definition) is 1. The van der Waals surface area contributed by atoms with Gasteiger partial charge < -0.3 is 5.32 Å². The third-order valence-electron chi connectivity index (χ3n) is 4.08. The maximum absolute atomic E-state index is 13.3. The zero-order valence-electron chi connectivity index (χ0n) is 15.1. The Labute approximate surface area is 154 Å². The van der Waals surface area contributed by atoms with E-state index in [4.69, 9.17) is 0 Å². The van der Waals surface area contributed by atoms with E-state index < -0.39 is 11.6 Å². The quantitative estimate of drug-likeness (QED) is 0.723. The smallest absolute Gasteiger partial charge is 0.230 e. The van der Waals surface area contributed by atoms with Crippen LogP contribution in [0.15, 0.2) is 12.1 Å². The Morgan fingerprint density at radius 2 is 1.96 bits per heavy atom. The van der Waals surface area contributed by atoms with Crippen molar-refractivity contribution in [3.05, 3.63) is 40.7 Å². The molecule has 0 spiro atoms. The number of rotatable bonds is 5. The predicted molar refractivity (Wildman–Crippen MR) is 98.4 cm³/mol. The van der Waals surface area contributed by atoms with Gasteiger partial charge in [-0.2, -0.15) is 5.10 Å². The molecule has 0 aliphatic rings.